The van der Waals surface area contributed by atoms with Crippen LogP contribution in [0.3, 0.4) is 0 Å². The lowest BCUT2D eigenvalue weighted by molar-refractivity contribution is -0.124. The first-order chi connectivity index (χ1) is 11.9. The molecule has 0 unspecified atom stereocenters. The number of nitrogens with zero attached hydrogens (tertiary/aromatic N) is 1. The molecule has 2 aromatic rings. The van der Waals surface area contributed by atoms with E-state index in [-0.39, 0.29) is 18.8 Å². The Morgan fingerprint density at radius 2 is 1.92 bits per heavy atom. The van der Waals surface area contributed by atoms with Crippen molar-refractivity contribution in [3.8, 4) is 0 Å². The molecule has 0 saturated carbocycles. The molecule has 3 amide bonds. The molecule has 0 aliphatic rings. The summed E-state index contributed by atoms with van der Waals surface area (Å²) < 4.78 is 4.99. The molecule has 0 atom stereocenters. The first-order valence-corrected chi connectivity index (χ1v) is 7.87. The Bertz CT molecular complexity index is 774. The Hall–Kier alpha value is -2.80. The van der Waals surface area contributed by atoms with Gasteiger partial charge in [0, 0.05) is 17.8 Å². The number of hydrogen-bond acceptors (Lipinski definition) is 4. The third-order valence-corrected chi connectivity index (χ3v) is 3.86. The van der Waals surface area contributed by atoms with Crippen molar-refractivity contribution in [2.45, 2.75) is 6.92 Å². The summed E-state index contributed by atoms with van der Waals surface area (Å²) in [6.07, 6.45) is 1.38. The van der Waals surface area contributed by atoms with E-state index in [2.05, 4.69) is 10.6 Å². The summed E-state index contributed by atoms with van der Waals surface area (Å²) in [6.45, 7) is 1.38. The van der Waals surface area contributed by atoms with Crippen LogP contribution in [-0.2, 0) is 9.59 Å². The van der Waals surface area contributed by atoms with Gasteiger partial charge in [0.05, 0.1) is 19.4 Å². The Kier molecular flexibility index (Phi) is 6.19. The smallest absolute Gasteiger partial charge is 0.289 e. The van der Waals surface area contributed by atoms with E-state index in [1.807, 2.05) is 0 Å². The molecule has 0 aliphatic heterocycles. The summed E-state index contributed by atoms with van der Waals surface area (Å²) in [5.41, 5.74) is 1.32. The molecule has 0 saturated heterocycles. The molecular weight excluding hydrogens is 346 g/mol. The standard InChI is InChI=1S/C17H18ClN3O4/c1-11-12(18)5-3-6-13(11)20-15(22)9-19-16(23)10-21(2)17(24)14-7-4-8-25-14/h3-8H,9-10H2,1-2H3,(H,19,23)(H,20,22). The van der Waals surface area contributed by atoms with E-state index in [4.69, 9.17) is 16.0 Å². The molecule has 1 aromatic carbocycles. The normalized spacial score (nSPS) is 10.2. The Labute approximate surface area is 149 Å². The van der Waals surface area contributed by atoms with Crippen LogP contribution in [0.25, 0.3) is 0 Å². The van der Waals surface area contributed by atoms with Crippen molar-refractivity contribution >= 4 is 35.0 Å². The summed E-state index contributed by atoms with van der Waals surface area (Å²) in [5.74, 6) is -1.12. The largest absolute Gasteiger partial charge is 0.459 e. The van der Waals surface area contributed by atoms with Crippen molar-refractivity contribution in [2.75, 3.05) is 25.5 Å². The second-order valence-corrected chi connectivity index (χ2v) is 5.78. The Balaban J connectivity index is 1.80. The van der Waals surface area contributed by atoms with Crippen LogP contribution >= 0.6 is 11.6 Å². The fourth-order valence-electron chi connectivity index (χ4n) is 2.05. The maximum Gasteiger partial charge on any atom is 0.289 e. The van der Waals surface area contributed by atoms with Crippen molar-refractivity contribution in [1.29, 1.82) is 0 Å². The van der Waals surface area contributed by atoms with Crippen LogP contribution in [-0.4, -0.2) is 42.8 Å². The van der Waals surface area contributed by atoms with Gasteiger partial charge in [0.1, 0.15) is 0 Å². The van der Waals surface area contributed by atoms with Crippen LogP contribution in [0.15, 0.2) is 41.0 Å². The first kappa shape index (κ1) is 18.5. The Morgan fingerprint density at radius 3 is 2.60 bits per heavy atom. The number of rotatable bonds is 6. The predicted octanol–water partition coefficient (Wildman–Crippen LogP) is 2.07. The van der Waals surface area contributed by atoms with E-state index >= 15 is 0 Å². The first-order valence-electron chi connectivity index (χ1n) is 7.49. The van der Waals surface area contributed by atoms with E-state index in [0.717, 1.165) is 5.56 Å². The van der Waals surface area contributed by atoms with Gasteiger partial charge in [-0.3, -0.25) is 14.4 Å². The molecule has 1 aromatic heterocycles. The van der Waals surface area contributed by atoms with Crippen molar-refractivity contribution in [2.24, 2.45) is 0 Å². The fourth-order valence-corrected chi connectivity index (χ4v) is 2.22. The second-order valence-electron chi connectivity index (χ2n) is 5.38. The predicted molar refractivity (Wildman–Crippen MR) is 93.5 cm³/mol. The zero-order valence-corrected chi connectivity index (χ0v) is 14.6. The van der Waals surface area contributed by atoms with Gasteiger partial charge in [0.25, 0.3) is 5.91 Å². The number of likely N-dealkylation sites (N-methyl/N-ethyl adjacent to an activating group) is 1. The van der Waals surface area contributed by atoms with Crippen LogP contribution in [0, 0.1) is 6.92 Å². The number of halogens is 1. The third-order valence-electron chi connectivity index (χ3n) is 3.45. The maximum atomic E-state index is 12.0. The SMILES string of the molecule is Cc1c(Cl)cccc1NC(=O)CNC(=O)CN(C)C(=O)c1ccco1. The number of furan rings is 1. The van der Waals surface area contributed by atoms with Gasteiger partial charge in [-0.05, 0) is 36.8 Å². The van der Waals surface area contributed by atoms with Gasteiger partial charge in [-0.2, -0.15) is 0 Å². The molecule has 2 rings (SSSR count). The number of hydrogen-bond donors (Lipinski definition) is 2. The molecule has 0 bridgehead atoms. The Morgan fingerprint density at radius 1 is 1.16 bits per heavy atom. The van der Waals surface area contributed by atoms with Gasteiger partial charge >= 0.3 is 0 Å². The van der Waals surface area contributed by atoms with E-state index in [1.165, 1.54) is 24.3 Å². The lowest BCUT2D eigenvalue weighted by Gasteiger charge is -2.15. The third kappa shape index (κ3) is 5.09. The monoisotopic (exact) mass is 363 g/mol. The number of anilines is 1. The van der Waals surface area contributed by atoms with E-state index in [9.17, 15) is 14.4 Å². The number of benzene rings is 1. The van der Waals surface area contributed by atoms with Crippen molar-refractivity contribution in [3.05, 3.63) is 52.9 Å². The van der Waals surface area contributed by atoms with Crippen LogP contribution in [0.1, 0.15) is 16.1 Å². The minimum Gasteiger partial charge on any atom is -0.459 e. The minimum atomic E-state index is -0.458. The number of carbonyl (C=O) groups is 3. The molecule has 0 aliphatic carbocycles. The number of nitrogens with one attached hydrogen (secondary N) is 2. The molecule has 1 heterocycles. The summed E-state index contributed by atoms with van der Waals surface area (Å²) in [6, 6.07) is 8.26. The molecule has 0 spiro atoms. The highest BCUT2D eigenvalue weighted by molar-refractivity contribution is 6.31. The molecule has 2 N–H and O–H groups in total. The average Bonchev–Trinajstić information content (AvgIpc) is 3.11. The molecule has 132 valence electrons. The molecule has 0 fully saturated rings. The van der Waals surface area contributed by atoms with Gasteiger partial charge < -0.3 is 20.0 Å². The van der Waals surface area contributed by atoms with Crippen LogP contribution in [0.4, 0.5) is 5.69 Å². The molecule has 25 heavy (non-hydrogen) atoms. The van der Waals surface area contributed by atoms with Gasteiger partial charge in [-0.1, -0.05) is 17.7 Å². The van der Waals surface area contributed by atoms with Crippen LogP contribution in [0.2, 0.25) is 5.02 Å². The zero-order chi connectivity index (χ0) is 18.4. The summed E-state index contributed by atoms with van der Waals surface area (Å²) in [5, 5.41) is 5.67. The van der Waals surface area contributed by atoms with E-state index in [0.29, 0.717) is 10.7 Å². The van der Waals surface area contributed by atoms with Gasteiger partial charge in [-0.25, -0.2) is 0 Å². The van der Waals surface area contributed by atoms with Crippen LogP contribution < -0.4 is 10.6 Å². The number of carbonyl (C=O) groups excluding carboxylic acids is 3. The minimum absolute atomic E-state index is 0.143. The van der Waals surface area contributed by atoms with E-state index in [1.54, 1.807) is 31.2 Å². The molecule has 0 radical (unpaired) electrons. The van der Waals surface area contributed by atoms with Crippen molar-refractivity contribution in [1.82, 2.24) is 10.2 Å². The lowest BCUT2D eigenvalue weighted by atomic mass is 10.2. The second kappa shape index (κ2) is 8.34. The highest BCUT2D eigenvalue weighted by Crippen LogP contribution is 2.22. The lowest BCUT2D eigenvalue weighted by Crippen LogP contribution is -2.41. The topological polar surface area (TPSA) is 91.7 Å². The fraction of sp³-hybridized carbons (Fsp3) is 0.235. The molecule has 7 nitrogen and oxygen atoms in total. The van der Waals surface area contributed by atoms with Gasteiger partial charge in [0.2, 0.25) is 11.8 Å². The van der Waals surface area contributed by atoms with Crippen LogP contribution in [0.5, 0.6) is 0 Å². The quantitative estimate of drug-likeness (QED) is 0.821. The van der Waals surface area contributed by atoms with E-state index < -0.39 is 17.7 Å². The summed E-state index contributed by atoms with van der Waals surface area (Å²) in [7, 11) is 1.47. The summed E-state index contributed by atoms with van der Waals surface area (Å²) >= 11 is 5.99. The highest BCUT2D eigenvalue weighted by Gasteiger charge is 2.17. The van der Waals surface area contributed by atoms with Crippen molar-refractivity contribution in [3.63, 3.8) is 0 Å². The van der Waals surface area contributed by atoms with Gasteiger partial charge in [-0.15, -0.1) is 0 Å². The highest BCUT2D eigenvalue weighted by atomic mass is 35.5. The van der Waals surface area contributed by atoms with Gasteiger partial charge in [0.15, 0.2) is 5.76 Å². The van der Waals surface area contributed by atoms with Crippen molar-refractivity contribution < 1.29 is 18.8 Å². The molecule has 8 heteroatoms. The zero-order valence-electron chi connectivity index (χ0n) is 13.8. The average molecular weight is 364 g/mol. The maximum absolute atomic E-state index is 12.0. The summed E-state index contributed by atoms with van der Waals surface area (Å²) in [4.78, 5) is 36.9. The molecular formula is C17H18ClN3O4. The number of amides is 3.